The highest BCUT2D eigenvalue weighted by Gasteiger charge is 2.39. The third kappa shape index (κ3) is 2.86. The summed E-state index contributed by atoms with van der Waals surface area (Å²) in [5.41, 5.74) is 1.98. The molecule has 0 spiro atoms. The SMILES string of the molecule is Cc1ccc(N2C(=O)CCC2C(=O)N2CCN(C)CC2)cc1. The summed E-state index contributed by atoms with van der Waals surface area (Å²) in [6.07, 6.45) is 1.08. The van der Waals surface area contributed by atoms with Gasteiger partial charge >= 0.3 is 0 Å². The summed E-state index contributed by atoms with van der Waals surface area (Å²) in [6, 6.07) is 7.50. The zero-order chi connectivity index (χ0) is 15.7. The Morgan fingerprint density at radius 1 is 1.09 bits per heavy atom. The van der Waals surface area contributed by atoms with E-state index < -0.39 is 0 Å². The molecule has 0 aromatic heterocycles. The number of aryl methyl sites for hydroxylation is 1. The molecule has 1 unspecified atom stereocenters. The molecule has 2 heterocycles. The predicted molar refractivity (Wildman–Crippen MR) is 85.8 cm³/mol. The Bertz CT molecular complexity index is 562. The van der Waals surface area contributed by atoms with Gasteiger partial charge in [-0.05, 0) is 32.5 Å². The van der Waals surface area contributed by atoms with Crippen LogP contribution in [0.1, 0.15) is 18.4 Å². The van der Waals surface area contributed by atoms with Crippen LogP contribution in [-0.2, 0) is 9.59 Å². The topological polar surface area (TPSA) is 43.9 Å². The molecular weight excluding hydrogens is 278 g/mol. The predicted octanol–water partition coefficient (Wildman–Crippen LogP) is 1.26. The maximum atomic E-state index is 12.8. The molecule has 0 saturated carbocycles. The number of hydrogen-bond acceptors (Lipinski definition) is 3. The van der Waals surface area contributed by atoms with Crippen molar-refractivity contribution in [3.63, 3.8) is 0 Å². The fraction of sp³-hybridized carbons (Fsp3) is 0.529. The minimum Gasteiger partial charge on any atom is -0.338 e. The van der Waals surface area contributed by atoms with E-state index in [1.807, 2.05) is 36.1 Å². The van der Waals surface area contributed by atoms with E-state index in [4.69, 9.17) is 0 Å². The molecule has 1 aromatic rings. The number of benzene rings is 1. The number of rotatable bonds is 2. The van der Waals surface area contributed by atoms with Crippen LogP contribution in [0.25, 0.3) is 0 Å². The van der Waals surface area contributed by atoms with E-state index in [-0.39, 0.29) is 17.9 Å². The Morgan fingerprint density at radius 2 is 1.73 bits per heavy atom. The zero-order valence-electron chi connectivity index (χ0n) is 13.3. The van der Waals surface area contributed by atoms with Crippen molar-refractivity contribution >= 4 is 17.5 Å². The summed E-state index contributed by atoms with van der Waals surface area (Å²) in [5, 5.41) is 0. The van der Waals surface area contributed by atoms with E-state index in [0.717, 1.165) is 37.4 Å². The number of piperazine rings is 1. The first-order valence-corrected chi connectivity index (χ1v) is 7.92. The summed E-state index contributed by atoms with van der Waals surface area (Å²) >= 11 is 0. The van der Waals surface area contributed by atoms with Crippen molar-refractivity contribution in [2.75, 3.05) is 38.1 Å². The molecule has 0 bridgehead atoms. The van der Waals surface area contributed by atoms with Crippen LogP contribution in [0.15, 0.2) is 24.3 Å². The summed E-state index contributed by atoms with van der Waals surface area (Å²) in [5.74, 6) is 0.149. The monoisotopic (exact) mass is 301 g/mol. The normalized spacial score (nSPS) is 23.2. The average molecular weight is 301 g/mol. The van der Waals surface area contributed by atoms with Crippen LogP contribution in [0.4, 0.5) is 5.69 Å². The fourth-order valence-electron chi connectivity index (χ4n) is 3.18. The number of likely N-dealkylation sites (N-methyl/N-ethyl adjacent to an activating group) is 1. The number of carbonyl (C=O) groups excluding carboxylic acids is 2. The molecule has 5 nitrogen and oxygen atoms in total. The molecule has 5 heteroatoms. The molecule has 2 aliphatic rings. The standard InChI is InChI=1S/C17H23N3O2/c1-13-3-5-14(6-4-13)20-15(7-8-16(20)21)17(22)19-11-9-18(2)10-12-19/h3-6,15H,7-12H2,1-2H3. The Morgan fingerprint density at radius 3 is 2.36 bits per heavy atom. The van der Waals surface area contributed by atoms with Crippen molar-refractivity contribution in [1.29, 1.82) is 0 Å². The van der Waals surface area contributed by atoms with E-state index in [9.17, 15) is 9.59 Å². The third-order valence-electron chi connectivity index (χ3n) is 4.62. The van der Waals surface area contributed by atoms with Crippen LogP contribution in [0.5, 0.6) is 0 Å². The second-order valence-electron chi connectivity index (χ2n) is 6.28. The largest absolute Gasteiger partial charge is 0.338 e. The zero-order valence-corrected chi connectivity index (χ0v) is 13.3. The average Bonchev–Trinajstić information content (AvgIpc) is 2.90. The Kier molecular flexibility index (Phi) is 4.16. The molecule has 118 valence electrons. The van der Waals surface area contributed by atoms with Crippen LogP contribution >= 0.6 is 0 Å². The molecule has 0 radical (unpaired) electrons. The summed E-state index contributed by atoms with van der Waals surface area (Å²) in [4.78, 5) is 30.9. The van der Waals surface area contributed by atoms with Crippen molar-refractivity contribution in [1.82, 2.24) is 9.80 Å². The van der Waals surface area contributed by atoms with Gasteiger partial charge in [0, 0.05) is 38.3 Å². The second kappa shape index (κ2) is 6.08. The Balaban J connectivity index is 1.78. The van der Waals surface area contributed by atoms with Gasteiger partial charge < -0.3 is 9.80 Å². The fourth-order valence-corrected chi connectivity index (χ4v) is 3.18. The molecule has 1 atom stereocenters. The van der Waals surface area contributed by atoms with Crippen LogP contribution in [0.3, 0.4) is 0 Å². The second-order valence-corrected chi connectivity index (χ2v) is 6.28. The van der Waals surface area contributed by atoms with Crippen molar-refractivity contribution in [3.8, 4) is 0 Å². The summed E-state index contributed by atoms with van der Waals surface area (Å²) in [7, 11) is 2.07. The first kappa shape index (κ1) is 15.0. The van der Waals surface area contributed by atoms with E-state index in [2.05, 4.69) is 11.9 Å². The van der Waals surface area contributed by atoms with Gasteiger partial charge in [0.05, 0.1) is 0 Å². The quantitative estimate of drug-likeness (QED) is 0.826. The number of carbonyl (C=O) groups is 2. The first-order valence-electron chi connectivity index (χ1n) is 7.92. The minimum atomic E-state index is -0.335. The van der Waals surface area contributed by atoms with E-state index in [1.54, 1.807) is 4.90 Å². The number of anilines is 1. The third-order valence-corrected chi connectivity index (χ3v) is 4.62. The highest BCUT2D eigenvalue weighted by molar-refractivity contribution is 6.03. The molecule has 2 aliphatic heterocycles. The Hall–Kier alpha value is -1.88. The lowest BCUT2D eigenvalue weighted by Gasteiger charge is -2.35. The van der Waals surface area contributed by atoms with Crippen LogP contribution in [0, 0.1) is 6.92 Å². The maximum absolute atomic E-state index is 12.8. The van der Waals surface area contributed by atoms with Crippen molar-refractivity contribution in [2.24, 2.45) is 0 Å². The van der Waals surface area contributed by atoms with Crippen molar-refractivity contribution in [2.45, 2.75) is 25.8 Å². The molecule has 2 fully saturated rings. The van der Waals surface area contributed by atoms with Crippen LogP contribution in [0.2, 0.25) is 0 Å². The molecule has 2 amide bonds. The lowest BCUT2D eigenvalue weighted by molar-refractivity contribution is -0.134. The van der Waals surface area contributed by atoms with Gasteiger partial charge in [0.15, 0.2) is 0 Å². The van der Waals surface area contributed by atoms with E-state index in [0.29, 0.717) is 12.8 Å². The van der Waals surface area contributed by atoms with E-state index >= 15 is 0 Å². The molecule has 1 aromatic carbocycles. The molecule has 2 saturated heterocycles. The lowest BCUT2D eigenvalue weighted by atomic mass is 10.1. The van der Waals surface area contributed by atoms with Gasteiger partial charge in [0.1, 0.15) is 6.04 Å². The molecule has 22 heavy (non-hydrogen) atoms. The van der Waals surface area contributed by atoms with Crippen LogP contribution in [-0.4, -0.2) is 60.9 Å². The maximum Gasteiger partial charge on any atom is 0.245 e. The summed E-state index contributed by atoms with van der Waals surface area (Å²) in [6.45, 7) is 5.32. The number of hydrogen-bond donors (Lipinski definition) is 0. The molecular formula is C17H23N3O2. The highest BCUT2D eigenvalue weighted by atomic mass is 16.2. The van der Waals surface area contributed by atoms with Gasteiger partial charge in [-0.2, -0.15) is 0 Å². The van der Waals surface area contributed by atoms with E-state index in [1.165, 1.54) is 0 Å². The van der Waals surface area contributed by atoms with Gasteiger partial charge in [-0.15, -0.1) is 0 Å². The highest BCUT2D eigenvalue weighted by Crippen LogP contribution is 2.28. The van der Waals surface area contributed by atoms with Crippen molar-refractivity contribution in [3.05, 3.63) is 29.8 Å². The number of amides is 2. The smallest absolute Gasteiger partial charge is 0.245 e. The van der Waals surface area contributed by atoms with Crippen LogP contribution < -0.4 is 4.90 Å². The van der Waals surface area contributed by atoms with Gasteiger partial charge in [0.25, 0.3) is 0 Å². The van der Waals surface area contributed by atoms with Gasteiger partial charge in [-0.3, -0.25) is 14.5 Å². The Labute approximate surface area is 131 Å². The summed E-state index contributed by atoms with van der Waals surface area (Å²) < 4.78 is 0. The molecule has 3 rings (SSSR count). The van der Waals surface area contributed by atoms with Gasteiger partial charge in [0.2, 0.25) is 11.8 Å². The number of nitrogens with zero attached hydrogens (tertiary/aromatic N) is 3. The van der Waals surface area contributed by atoms with Gasteiger partial charge in [-0.1, -0.05) is 17.7 Å². The molecule has 0 N–H and O–H groups in total. The first-order chi connectivity index (χ1) is 10.6. The van der Waals surface area contributed by atoms with Gasteiger partial charge in [-0.25, -0.2) is 0 Å². The minimum absolute atomic E-state index is 0.0522. The lowest BCUT2D eigenvalue weighted by Crippen LogP contribution is -2.53. The van der Waals surface area contributed by atoms with Crippen molar-refractivity contribution < 1.29 is 9.59 Å². The molecule has 0 aliphatic carbocycles.